The van der Waals surface area contributed by atoms with E-state index in [1.807, 2.05) is 81.4 Å². The van der Waals surface area contributed by atoms with Gasteiger partial charge < -0.3 is 25.6 Å². The molecule has 0 aliphatic carbocycles. The highest BCUT2D eigenvalue weighted by atomic mass is 16.6. The summed E-state index contributed by atoms with van der Waals surface area (Å²) in [6.07, 6.45) is 0.612. The van der Waals surface area contributed by atoms with Gasteiger partial charge in [-0.25, -0.2) is 4.79 Å². The first-order valence-corrected chi connectivity index (χ1v) is 14.8. The molecule has 0 spiro atoms. The minimum Gasteiger partial charge on any atom is -0.444 e. The van der Waals surface area contributed by atoms with Gasteiger partial charge in [0.15, 0.2) is 0 Å². The van der Waals surface area contributed by atoms with Crippen LogP contribution in [0, 0.1) is 11.8 Å². The lowest BCUT2D eigenvalue weighted by Crippen LogP contribution is -2.55. The zero-order valence-electron chi connectivity index (χ0n) is 25.7. The van der Waals surface area contributed by atoms with Gasteiger partial charge in [-0.15, -0.1) is 0 Å². The quantitative estimate of drug-likeness (QED) is 0.387. The average Bonchev–Trinajstić information content (AvgIpc) is 2.95. The van der Waals surface area contributed by atoms with Crippen LogP contribution in [0.4, 0.5) is 4.79 Å². The number of hydrogen-bond acceptors (Lipinski definition) is 5. The lowest BCUT2D eigenvalue weighted by atomic mass is 9.93. The Kier molecular flexibility index (Phi) is 11.5. The number of piperidine rings is 1. The highest BCUT2D eigenvalue weighted by Crippen LogP contribution is 2.21. The Labute approximate surface area is 249 Å². The summed E-state index contributed by atoms with van der Waals surface area (Å²) in [7, 11) is 0. The molecule has 1 saturated heterocycles. The monoisotopic (exact) mass is 578 g/mol. The summed E-state index contributed by atoms with van der Waals surface area (Å²) in [5.74, 6) is -1.04. The van der Waals surface area contributed by atoms with Crippen molar-refractivity contribution in [3.63, 3.8) is 0 Å². The topological polar surface area (TPSA) is 117 Å². The Balaban J connectivity index is 1.59. The number of amides is 4. The molecule has 3 atom stereocenters. The van der Waals surface area contributed by atoms with Crippen molar-refractivity contribution in [2.45, 2.75) is 84.5 Å². The normalized spacial score (nSPS) is 16.2. The molecule has 2 aromatic rings. The molecule has 3 N–H and O–H groups in total. The number of hydrogen-bond donors (Lipinski definition) is 3. The Hall–Kier alpha value is -3.88. The Morgan fingerprint density at radius 1 is 0.857 bits per heavy atom. The molecular weight excluding hydrogens is 532 g/mol. The number of likely N-dealkylation sites (tertiary alicyclic amines) is 1. The van der Waals surface area contributed by atoms with Crippen molar-refractivity contribution >= 4 is 23.8 Å². The number of carbonyl (C=O) groups is 4. The summed E-state index contributed by atoms with van der Waals surface area (Å²) >= 11 is 0. The van der Waals surface area contributed by atoms with Crippen LogP contribution in [-0.2, 0) is 25.5 Å². The summed E-state index contributed by atoms with van der Waals surface area (Å²) in [6.45, 7) is 11.8. The van der Waals surface area contributed by atoms with Gasteiger partial charge in [-0.1, -0.05) is 74.5 Å². The molecular formula is C33H46N4O5. The third-order valence-corrected chi connectivity index (χ3v) is 7.35. The van der Waals surface area contributed by atoms with Crippen LogP contribution in [0.15, 0.2) is 60.7 Å². The molecule has 42 heavy (non-hydrogen) atoms. The summed E-state index contributed by atoms with van der Waals surface area (Å²) in [5.41, 5.74) is 1.21. The number of nitrogens with one attached hydrogen (secondary N) is 3. The van der Waals surface area contributed by atoms with Crippen molar-refractivity contribution in [3.8, 4) is 0 Å². The third kappa shape index (κ3) is 9.89. The van der Waals surface area contributed by atoms with Crippen molar-refractivity contribution in [1.82, 2.24) is 20.9 Å². The summed E-state index contributed by atoms with van der Waals surface area (Å²) in [6, 6.07) is 17.5. The largest absolute Gasteiger partial charge is 0.444 e. The minimum absolute atomic E-state index is 0.101. The summed E-state index contributed by atoms with van der Waals surface area (Å²) in [4.78, 5) is 54.2. The molecule has 1 aliphatic heterocycles. The minimum atomic E-state index is -0.798. The van der Waals surface area contributed by atoms with Crippen LogP contribution in [0.25, 0.3) is 0 Å². The molecule has 0 bridgehead atoms. The lowest BCUT2D eigenvalue weighted by molar-refractivity contribution is -0.138. The maximum absolute atomic E-state index is 13.6. The number of ether oxygens (including phenoxy) is 1. The number of carbonyl (C=O) groups excluding carboxylic acids is 4. The first kappa shape index (κ1) is 32.6. The number of benzene rings is 2. The van der Waals surface area contributed by atoms with Crippen molar-refractivity contribution in [3.05, 3.63) is 71.8 Å². The molecule has 0 unspecified atom stereocenters. The Bertz CT molecular complexity index is 1190. The van der Waals surface area contributed by atoms with Crippen molar-refractivity contribution < 1.29 is 23.9 Å². The second kappa shape index (κ2) is 14.8. The van der Waals surface area contributed by atoms with E-state index in [-0.39, 0.29) is 35.6 Å². The smallest absolute Gasteiger partial charge is 0.408 e. The third-order valence-electron chi connectivity index (χ3n) is 7.35. The van der Waals surface area contributed by atoms with Gasteiger partial charge in [-0.05, 0) is 57.6 Å². The summed E-state index contributed by atoms with van der Waals surface area (Å²) in [5, 5.41) is 8.74. The van der Waals surface area contributed by atoms with Crippen LogP contribution < -0.4 is 16.0 Å². The maximum Gasteiger partial charge on any atom is 0.408 e. The van der Waals surface area contributed by atoms with Gasteiger partial charge in [0.25, 0.3) is 0 Å². The number of nitrogens with zero attached hydrogens (tertiary/aromatic N) is 1. The fraction of sp³-hybridized carbons (Fsp3) is 0.515. The Morgan fingerprint density at radius 2 is 1.43 bits per heavy atom. The number of rotatable bonds is 10. The van der Waals surface area contributed by atoms with Gasteiger partial charge in [0.1, 0.15) is 17.7 Å². The van der Waals surface area contributed by atoms with E-state index >= 15 is 0 Å². The predicted octanol–water partition coefficient (Wildman–Crippen LogP) is 4.38. The SMILES string of the molecule is CC(C)[C@H](NC(=O)C1CCN(C(=O)[C@H](Cc2ccccc2)NC(=O)OC(C)(C)C)CC1)C(=O)N[C@@H](C)c1ccccc1. The zero-order valence-corrected chi connectivity index (χ0v) is 25.7. The second-order valence-corrected chi connectivity index (χ2v) is 12.4. The van der Waals surface area contributed by atoms with Crippen LogP contribution in [-0.4, -0.2) is 59.5 Å². The highest BCUT2D eigenvalue weighted by molar-refractivity contribution is 5.89. The molecule has 0 aromatic heterocycles. The van der Waals surface area contributed by atoms with Crippen LogP contribution in [0.3, 0.4) is 0 Å². The van der Waals surface area contributed by atoms with Crippen molar-refractivity contribution in [2.75, 3.05) is 13.1 Å². The van der Waals surface area contributed by atoms with Crippen molar-refractivity contribution in [1.29, 1.82) is 0 Å². The van der Waals surface area contributed by atoms with Crippen LogP contribution in [0.5, 0.6) is 0 Å². The fourth-order valence-corrected chi connectivity index (χ4v) is 5.02. The zero-order chi connectivity index (χ0) is 30.9. The van der Waals surface area contributed by atoms with Gasteiger partial charge in [-0.2, -0.15) is 0 Å². The molecule has 0 saturated carbocycles. The van der Waals surface area contributed by atoms with E-state index in [1.54, 1.807) is 25.7 Å². The molecule has 1 heterocycles. The first-order chi connectivity index (χ1) is 19.8. The van der Waals surface area contributed by atoms with Crippen LogP contribution in [0.2, 0.25) is 0 Å². The molecule has 0 radical (unpaired) electrons. The van der Waals surface area contributed by atoms with Gasteiger partial charge in [0, 0.05) is 25.4 Å². The molecule has 4 amide bonds. The van der Waals surface area contributed by atoms with E-state index in [0.29, 0.717) is 32.4 Å². The van der Waals surface area contributed by atoms with Crippen LogP contribution in [0.1, 0.15) is 71.6 Å². The molecule has 9 heteroatoms. The maximum atomic E-state index is 13.6. The lowest BCUT2D eigenvalue weighted by Gasteiger charge is -2.35. The Morgan fingerprint density at radius 3 is 1.98 bits per heavy atom. The molecule has 228 valence electrons. The van der Waals surface area contributed by atoms with E-state index in [0.717, 1.165) is 11.1 Å². The van der Waals surface area contributed by atoms with Crippen LogP contribution >= 0.6 is 0 Å². The molecule has 3 rings (SSSR count). The van der Waals surface area contributed by atoms with E-state index in [9.17, 15) is 19.2 Å². The van der Waals surface area contributed by atoms with E-state index in [1.165, 1.54) is 0 Å². The van der Waals surface area contributed by atoms with E-state index in [2.05, 4.69) is 16.0 Å². The standard InChI is InChI=1S/C33H46N4O5/c1-22(2)28(30(39)34-23(3)25-15-11-8-12-16-25)36-29(38)26-17-19-37(20-18-26)31(40)27(21-24-13-9-7-10-14-24)35-32(41)42-33(4,5)6/h7-16,22-23,26-28H,17-21H2,1-6H3,(H,34,39)(H,35,41)(H,36,38)/t23-,27-,28-/m0/s1. The predicted molar refractivity (Wildman–Crippen MR) is 162 cm³/mol. The second-order valence-electron chi connectivity index (χ2n) is 12.4. The van der Waals surface area contributed by atoms with Gasteiger partial charge in [0.05, 0.1) is 6.04 Å². The fourth-order valence-electron chi connectivity index (χ4n) is 5.02. The van der Waals surface area contributed by atoms with Crippen molar-refractivity contribution in [2.24, 2.45) is 11.8 Å². The first-order valence-electron chi connectivity index (χ1n) is 14.8. The molecule has 2 aromatic carbocycles. The van der Waals surface area contributed by atoms with Gasteiger partial charge in [-0.3, -0.25) is 14.4 Å². The van der Waals surface area contributed by atoms with Gasteiger partial charge in [0.2, 0.25) is 17.7 Å². The van der Waals surface area contributed by atoms with E-state index < -0.39 is 23.8 Å². The highest BCUT2D eigenvalue weighted by Gasteiger charge is 2.34. The molecule has 9 nitrogen and oxygen atoms in total. The summed E-state index contributed by atoms with van der Waals surface area (Å²) < 4.78 is 5.41. The number of alkyl carbamates (subject to hydrolysis) is 1. The van der Waals surface area contributed by atoms with Gasteiger partial charge >= 0.3 is 6.09 Å². The average molecular weight is 579 g/mol. The molecule has 1 fully saturated rings. The van der Waals surface area contributed by atoms with E-state index in [4.69, 9.17) is 4.74 Å². The molecule has 1 aliphatic rings.